The van der Waals surface area contributed by atoms with Crippen molar-refractivity contribution in [1.29, 1.82) is 0 Å². The van der Waals surface area contributed by atoms with E-state index in [2.05, 4.69) is 10.3 Å². The first kappa shape index (κ1) is 13.7. The molecule has 1 aromatic rings. The van der Waals surface area contributed by atoms with Crippen LogP contribution in [0.1, 0.15) is 12.5 Å². The Balaban J connectivity index is 3.07. The van der Waals surface area contributed by atoms with E-state index in [4.69, 9.17) is 10.2 Å². The molecule has 0 saturated carbocycles. The molecule has 0 spiro atoms. The number of halogens is 3. The first-order valence-corrected chi connectivity index (χ1v) is 4.84. The van der Waals surface area contributed by atoms with E-state index >= 15 is 0 Å². The SMILES string of the molecule is CC(CO)(CO)Nc1ncccc1C(F)(F)F. The molecule has 96 valence electrons. The number of aromatic nitrogens is 1. The lowest BCUT2D eigenvalue weighted by Crippen LogP contribution is -2.43. The first-order valence-electron chi connectivity index (χ1n) is 4.84. The van der Waals surface area contributed by atoms with Gasteiger partial charge in [-0.05, 0) is 19.1 Å². The predicted molar refractivity (Wildman–Crippen MR) is 55.4 cm³/mol. The molecule has 3 N–H and O–H groups in total. The zero-order valence-electron chi connectivity index (χ0n) is 9.12. The van der Waals surface area contributed by atoms with Crippen LogP contribution in [0, 0.1) is 0 Å². The van der Waals surface area contributed by atoms with Crippen molar-refractivity contribution < 1.29 is 23.4 Å². The second-order valence-electron chi connectivity index (χ2n) is 3.90. The van der Waals surface area contributed by atoms with Gasteiger partial charge in [0.2, 0.25) is 0 Å². The Morgan fingerprint density at radius 2 is 1.88 bits per heavy atom. The van der Waals surface area contributed by atoms with Gasteiger partial charge in [-0.15, -0.1) is 0 Å². The van der Waals surface area contributed by atoms with E-state index in [1.807, 2.05) is 0 Å². The first-order chi connectivity index (χ1) is 7.82. The zero-order valence-corrected chi connectivity index (χ0v) is 9.12. The van der Waals surface area contributed by atoms with Gasteiger partial charge < -0.3 is 15.5 Å². The fourth-order valence-electron chi connectivity index (χ4n) is 1.15. The number of aliphatic hydroxyl groups is 2. The minimum Gasteiger partial charge on any atom is -0.394 e. The van der Waals surface area contributed by atoms with E-state index in [0.29, 0.717) is 0 Å². The summed E-state index contributed by atoms with van der Waals surface area (Å²) in [5, 5.41) is 20.4. The van der Waals surface area contributed by atoms with Crippen LogP contribution >= 0.6 is 0 Å². The maximum atomic E-state index is 12.6. The summed E-state index contributed by atoms with van der Waals surface area (Å²) in [5.74, 6) is -0.411. The Kier molecular flexibility index (Phi) is 3.94. The second kappa shape index (κ2) is 4.89. The molecular weight excluding hydrogens is 237 g/mol. The van der Waals surface area contributed by atoms with Crippen molar-refractivity contribution in [3.05, 3.63) is 23.9 Å². The fourth-order valence-corrected chi connectivity index (χ4v) is 1.15. The zero-order chi connectivity index (χ0) is 13.1. The Morgan fingerprint density at radius 3 is 2.35 bits per heavy atom. The van der Waals surface area contributed by atoms with Gasteiger partial charge in [0.05, 0.1) is 24.3 Å². The van der Waals surface area contributed by atoms with Gasteiger partial charge in [0.15, 0.2) is 0 Å². The van der Waals surface area contributed by atoms with Crippen LogP contribution in [0.25, 0.3) is 0 Å². The number of hydrogen-bond donors (Lipinski definition) is 3. The minimum absolute atomic E-state index is 0.411. The van der Waals surface area contributed by atoms with Crippen LogP contribution in [0.3, 0.4) is 0 Å². The number of hydrogen-bond acceptors (Lipinski definition) is 4. The van der Waals surface area contributed by atoms with Crippen molar-refractivity contribution in [3.8, 4) is 0 Å². The Bertz CT molecular complexity index is 378. The summed E-state index contributed by atoms with van der Waals surface area (Å²) in [6, 6.07) is 2.05. The molecule has 0 unspecified atom stereocenters. The van der Waals surface area contributed by atoms with Crippen LogP contribution < -0.4 is 5.32 Å². The molecule has 1 aromatic heterocycles. The molecule has 0 aliphatic rings. The standard InChI is InChI=1S/C10H13F3N2O2/c1-9(5-16,6-17)15-8-7(10(11,12)13)3-2-4-14-8/h2-4,16-17H,5-6H2,1H3,(H,14,15). The number of pyridine rings is 1. The highest BCUT2D eigenvalue weighted by Crippen LogP contribution is 2.34. The van der Waals surface area contributed by atoms with E-state index in [1.54, 1.807) is 0 Å². The molecule has 17 heavy (non-hydrogen) atoms. The normalized spacial score (nSPS) is 12.6. The molecule has 0 atom stereocenters. The highest BCUT2D eigenvalue weighted by Gasteiger charge is 2.36. The van der Waals surface area contributed by atoms with E-state index < -0.39 is 36.3 Å². The average Bonchev–Trinajstić information content (AvgIpc) is 2.28. The third-order valence-electron chi connectivity index (χ3n) is 2.23. The van der Waals surface area contributed by atoms with Gasteiger partial charge in [-0.25, -0.2) is 4.98 Å². The van der Waals surface area contributed by atoms with E-state index in [9.17, 15) is 13.2 Å². The van der Waals surface area contributed by atoms with Crippen molar-refractivity contribution in [2.45, 2.75) is 18.6 Å². The fraction of sp³-hybridized carbons (Fsp3) is 0.500. The number of nitrogens with one attached hydrogen (secondary N) is 1. The van der Waals surface area contributed by atoms with Gasteiger partial charge >= 0.3 is 6.18 Å². The molecule has 0 bridgehead atoms. The van der Waals surface area contributed by atoms with Crippen molar-refractivity contribution in [1.82, 2.24) is 4.98 Å². The molecule has 1 rings (SSSR count). The van der Waals surface area contributed by atoms with Crippen molar-refractivity contribution in [2.75, 3.05) is 18.5 Å². The largest absolute Gasteiger partial charge is 0.419 e. The van der Waals surface area contributed by atoms with Crippen LogP contribution in [0.15, 0.2) is 18.3 Å². The number of nitrogens with zero attached hydrogens (tertiary/aromatic N) is 1. The highest BCUT2D eigenvalue weighted by atomic mass is 19.4. The van der Waals surface area contributed by atoms with Gasteiger partial charge in [0.25, 0.3) is 0 Å². The third kappa shape index (κ3) is 3.31. The maximum absolute atomic E-state index is 12.6. The molecule has 0 radical (unpaired) electrons. The lowest BCUT2D eigenvalue weighted by Gasteiger charge is -2.28. The minimum atomic E-state index is -4.54. The summed E-state index contributed by atoms with van der Waals surface area (Å²) >= 11 is 0. The van der Waals surface area contributed by atoms with Crippen LogP contribution in [0.4, 0.5) is 19.0 Å². The molecule has 0 aromatic carbocycles. The molecule has 0 saturated heterocycles. The quantitative estimate of drug-likeness (QED) is 0.752. The van der Waals surface area contributed by atoms with Gasteiger partial charge in [-0.1, -0.05) is 0 Å². The molecule has 0 aliphatic heterocycles. The summed E-state index contributed by atoms with van der Waals surface area (Å²) < 4.78 is 37.9. The molecule has 0 fully saturated rings. The van der Waals surface area contributed by atoms with E-state index in [-0.39, 0.29) is 0 Å². The van der Waals surface area contributed by atoms with Gasteiger partial charge in [0.1, 0.15) is 5.82 Å². The van der Waals surface area contributed by atoms with E-state index in [0.717, 1.165) is 6.07 Å². The molecule has 4 nitrogen and oxygen atoms in total. The lowest BCUT2D eigenvalue weighted by molar-refractivity contribution is -0.137. The lowest BCUT2D eigenvalue weighted by atomic mass is 10.1. The van der Waals surface area contributed by atoms with E-state index in [1.165, 1.54) is 19.2 Å². The third-order valence-corrected chi connectivity index (χ3v) is 2.23. The maximum Gasteiger partial charge on any atom is 0.419 e. The Labute approximate surface area is 96.1 Å². The topological polar surface area (TPSA) is 65.4 Å². The monoisotopic (exact) mass is 250 g/mol. The van der Waals surface area contributed by atoms with Crippen molar-refractivity contribution >= 4 is 5.82 Å². The second-order valence-corrected chi connectivity index (χ2v) is 3.90. The molecule has 0 amide bonds. The summed E-state index contributed by atoms with van der Waals surface area (Å²) in [4.78, 5) is 3.57. The molecule has 7 heteroatoms. The number of aliphatic hydroxyl groups excluding tert-OH is 2. The van der Waals surface area contributed by atoms with Crippen LogP contribution in [0.5, 0.6) is 0 Å². The van der Waals surface area contributed by atoms with Crippen LogP contribution in [-0.4, -0.2) is 33.9 Å². The van der Waals surface area contributed by atoms with Crippen LogP contribution in [0.2, 0.25) is 0 Å². The Hall–Kier alpha value is -1.34. The van der Waals surface area contributed by atoms with Crippen molar-refractivity contribution in [3.63, 3.8) is 0 Å². The Morgan fingerprint density at radius 1 is 1.29 bits per heavy atom. The average molecular weight is 250 g/mol. The molecule has 0 aliphatic carbocycles. The van der Waals surface area contributed by atoms with Crippen LogP contribution in [-0.2, 0) is 6.18 Å². The highest BCUT2D eigenvalue weighted by molar-refractivity contribution is 5.47. The van der Waals surface area contributed by atoms with Gasteiger partial charge in [0, 0.05) is 6.20 Å². The molecule has 1 heterocycles. The summed E-state index contributed by atoms with van der Waals surface area (Å²) in [6.07, 6.45) is -3.34. The van der Waals surface area contributed by atoms with Gasteiger partial charge in [-0.3, -0.25) is 0 Å². The molecular formula is C10H13F3N2O2. The summed E-state index contributed by atoms with van der Waals surface area (Å²) in [6.45, 7) is 0.358. The summed E-state index contributed by atoms with van der Waals surface area (Å²) in [5.41, 5.74) is -2.19. The predicted octanol–water partition coefficient (Wildman–Crippen LogP) is 1.26. The van der Waals surface area contributed by atoms with Gasteiger partial charge in [-0.2, -0.15) is 13.2 Å². The number of alkyl halides is 3. The summed E-state index contributed by atoms with van der Waals surface area (Å²) in [7, 11) is 0. The van der Waals surface area contributed by atoms with Crippen molar-refractivity contribution in [2.24, 2.45) is 0 Å². The smallest absolute Gasteiger partial charge is 0.394 e. The number of rotatable bonds is 4. The number of anilines is 1.